The molecule has 1 heterocycles. The molecule has 3 heteroatoms. The summed E-state index contributed by atoms with van der Waals surface area (Å²) in [5.74, 6) is 1.68. The predicted octanol–water partition coefficient (Wildman–Crippen LogP) is 3.30. The van der Waals surface area contributed by atoms with Crippen LogP contribution in [0.15, 0.2) is 24.3 Å². The smallest absolute Gasteiger partial charge is 0.121 e. The third-order valence-corrected chi connectivity index (χ3v) is 4.39. The third kappa shape index (κ3) is 3.45. The van der Waals surface area contributed by atoms with Gasteiger partial charge < -0.3 is 15.0 Å². The minimum absolute atomic E-state index is 0.521. The lowest BCUT2D eigenvalue weighted by Crippen LogP contribution is -2.57. The molecule has 20 heavy (non-hydrogen) atoms. The summed E-state index contributed by atoms with van der Waals surface area (Å²) in [7, 11) is 0. The molecule has 0 spiro atoms. The summed E-state index contributed by atoms with van der Waals surface area (Å²) in [6, 6.07) is 9.58. The summed E-state index contributed by atoms with van der Waals surface area (Å²) in [4.78, 5) is 2.51. The number of hydrogen-bond donors (Lipinski definition) is 1. The second kappa shape index (κ2) is 6.98. The van der Waals surface area contributed by atoms with E-state index in [1.54, 1.807) is 0 Å². The van der Waals surface area contributed by atoms with Crippen molar-refractivity contribution in [2.75, 3.05) is 24.6 Å². The number of nitrogens with zero attached hydrogens (tertiary/aromatic N) is 1. The number of piperazine rings is 1. The molecule has 2 rings (SSSR count). The van der Waals surface area contributed by atoms with Gasteiger partial charge >= 0.3 is 0 Å². The maximum absolute atomic E-state index is 5.63. The van der Waals surface area contributed by atoms with Crippen LogP contribution in [0.25, 0.3) is 0 Å². The van der Waals surface area contributed by atoms with Crippen LogP contribution >= 0.6 is 0 Å². The monoisotopic (exact) mass is 276 g/mol. The van der Waals surface area contributed by atoms with E-state index in [0.717, 1.165) is 25.4 Å². The third-order valence-electron chi connectivity index (χ3n) is 4.39. The van der Waals surface area contributed by atoms with E-state index in [0.29, 0.717) is 18.0 Å². The Bertz CT molecular complexity index is 421. The lowest BCUT2D eigenvalue weighted by molar-refractivity contribution is 0.315. The Kier molecular flexibility index (Phi) is 5.30. The summed E-state index contributed by atoms with van der Waals surface area (Å²) >= 11 is 0. The molecule has 0 amide bonds. The molecule has 1 fully saturated rings. The minimum atomic E-state index is 0.521. The molecule has 3 nitrogen and oxygen atoms in total. The summed E-state index contributed by atoms with van der Waals surface area (Å²) in [6.45, 7) is 11.8. The van der Waals surface area contributed by atoms with Gasteiger partial charge in [-0.1, -0.05) is 26.3 Å². The molecule has 0 saturated carbocycles. The standard InChI is InChI=1S/C17H28N2O/c1-5-13(3)17-12-19(14(4)11-18-17)15-8-7-9-16(10-15)20-6-2/h7-10,13-14,17-18H,5-6,11-12H2,1-4H3. The lowest BCUT2D eigenvalue weighted by Gasteiger charge is -2.42. The van der Waals surface area contributed by atoms with E-state index in [-0.39, 0.29) is 0 Å². The molecule has 1 aliphatic rings. The normalized spacial score (nSPS) is 24.5. The fourth-order valence-corrected chi connectivity index (χ4v) is 2.83. The Labute approximate surface area is 123 Å². The molecule has 0 aliphatic carbocycles. The van der Waals surface area contributed by atoms with Crippen molar-refractivity contribution >= 4 is 5.69 Å². The van der Waals surface area contributed by atoms with E-state index >= 15 is 0 Å². The highest BCUT2D eigenvalue weighted by Crippen LogP contribution is 2.26. The van der Waals surface area contributed by atoms with E-state index in [9.17, 15) is 0 Å². The van der Waals surface area contributed by atoms with Crippen LogP contribution in [0.2, 0.25) is 0 Å². The summed E-state index contributed by atoms with van der Waals surface area (Å²) in [5.41, 5.74) is 1.28. The first-order valence-electron chi connectivity index (χ1n) is 7.88. The van der Waals surface area contributed by atoms with Crippen LogP contribution in [-0.2, 0) is 0 Å². The first-order valence-corrected chi connectivity index (χ1v) is 7.88. The number of rotatable bonds is 5. The number of hydrogen-bond acceptors (Lipinski definition) is 3. The van der Waals surface area contributed by atoms with Gasteiger partial charge in [-0.05, 0) is 31.9 Å². The average Bonchev–Trinajstić information content (AvgIpc) is 2.47. The molecule has 1 aliphatic heterocycles. The topological polar surface area (TPSA) is 24.5 Å². The quantitative estimate of drug-likeness (QED) is 0.893. The Balaban J connectivity index is 2.14. The molecule has 1 aromatic rings. The maximum atomic E-state index is 5.63. The highest BCUT2D eigenvalue weighted by atomic mass is 16.5. The number of ether oxygens (including phenoxy) is 1. The van der Waals surface area contributed by atoms with Crippen molar-refractivity contribution in [1.82, 2.24) is 5.32 Å². The fourth-order valence-electron chi connectivity index (χ4n) is 2.83. The highest BCUT2D eigenvalue weighted by Gasteiger charge is 2.27. The molecule has 1 N–H and O–H groups in total. The fraction of sp³-hybridized carbons (Fsp3) is 0.647. The molecule has 3 atom stereocenters. The van der Waals surface area contributed by atoms with Crippen molar-refractivity contribution in [3.8, 4) is 5.75 Å². The first-order chi connectivity index (χ1) is 9.65. The van der Waals surface area contributed by atoms with Crippen LogP contribution in [0.5, 0.6) is 5.75 Å². The Hall–Kier alpha value is -1.22. The van der Waals surface area contributed by atoms with Gasteiger partial charge in [-0.3, -0.25) is 0 Å². The van der Waals surface area contributed by atoms with E-state index in [1.165, 1.54) is 12.1 Å². The van der Waals surface area contributed by atoms with Gasteiger partial charge in [-0.2, -0.15) is 0 Å². The van der Waals surface area contributed by atoms with Crippen LogP contribution in [0.4, 0.5) is 5.69 Å². The van der Waals surface area contributed by atoms with E-state index < -0.39 is 0 Å². The SMILES string of the molecule is CCOc1cccc(N2CC(C(C)CC)NCC2C)c1. The Morgan fingerprint density at radius 2 is 2.20 bits per heavy atom. The predicted molar refractivity (Wildman–Crippen MR) is 85.7 cm³/mol. The van der Waals surface area contributed by atoms with Gasteiger partial charge in [0, 0.05) is 36.9 Å². The van der Waals surface area contributed by atoms with Crippen molar-refractivity contribution in [3.05, 3.63) is 24.3 Å². The molecular formula is C17H28N2O. The second-order valence-electron chi connectivity index (χ2n) is 5.83. The molecule has 1 saturated heterocycles. The van der Waals surface area contributed by atoms with Crippen LogP contribution in [0.1, 0.15) is 34.1 Å². The molecular weight excluding hydrogens is 248 g/mol. The zero-order valence-corrected chi connectivity index (χ0v) is 13.2. The summed E-state index contributed by atoms with van der Waals surface area (Å²) < 4.78 is 5.63. The zero-order chi connectivity index (χ0) is 14.5. The van der Waals surface area contributed by atoms with Crippen molar-refractivity contribution in [2.24, 2.45) is 5.92 Å². The maximum Gasteiger partial charge on any atom is 0.121 e. The Morgan fingerprint density at radius 3 is 2.90 bits per heavy atom. The number of anilines is 1. The average molecular weight is 276 g/mol. The largest absolute Gasteiger partial charge is 0.494 e. The van der Waals surface area contributed by atoms with Gasteiger partial charge in [0.05, 0.1) is 6.61 Å². The van der Waals surface area contributed by atoms with Crippen molar-refractivity contribution in [3.63, 3.8) is 0 Å². The van der Waals surface area contributed by atoms with E-state index in [4.69, 9.17) is 4.74 Å². The van der Waals surface area contributed by atoms with Crippen molar-refractivity contribution < 1.29 is 4.74 Å². The van der Waals surface area contributed by atoms with Gasteiger partial charge in [0.25, 0.3) is 0 Å². The van der Waals surface area contributed by atoms with Gasteiger partial charge in [0.15, 0.2) is 0 Å². The van der Waals surface area contributed by atoms with E-state index in [1.807, 2.05) is 13.0 Å². The summed E-state index contributed by atoms with van der Waals surface area (Å²) in [5, 5.41) is 3.69. The van der Waals surface area contributed by atoms with Crippen LogP contribution in [0, 0.1) is 5.92 Å². The molecule has 112 valence electrons. The molecule has 0 bridgehead atoms. The van der Waals surface area contributed by atoms with Gasteiger partial charge in [0.1, 0.15) is 5.75 Å². The number of nitrogens with one attached hydrogen (secondary N) is 1. The second-order valence-corrected chi connectivity index (χ2v) is 5.83. The highest BCUT2D eigenvalue weighted by molar-refractivity contribution is 5.52. The first kappa shape index (κ1) is 15.2. The molecule has 1 aromatic carbocycles. The van der Waals surface area contributed by atoms with Crippen LogP contribution < -0.4 is 15.0 Å². The van der Waals surface area contributed by atoms with Crippen LogP contribution in [-0.4, -0.2) is 31.8 Å². The zero-order valence-electron chi connectivity index (χ0n) is 13.2. The van der Waals surface area contributed by atoms with E-state index in [2.05, 4.69) is 49.2 Å². The molecule has 3 unspecified atom stereocenters. The van der Waals surface area contributed by atoms with Crippen molar-refractivity contribution in [1.29, 1.82) is 0 Å². The van der Waals surface area contributed by atoms with Gasteiger partial charge in [-0.25, -0.2) is 0 Å². The molecule has 0 aromatic heterocycles. The lowest BCUT2D eigenvalue weighted by atomic mass is 9.95. The number of benzene rings is 1. The van der Waals surface area contributed by atoms with Crippen LogP contribution in [0.3, 0.4) is 0 Å². The van der Waals surface area contributed by atoms with Gasteiger partial charge in [0.2, 0.25) is 0 Å². The Morgan fingerprint density at radius 1 is 1.40 bits per heavy atom. The minimum Gasteiger partial charge on any atom is -0.494 e. The molecule has 0 radical (unpaired) electrons. The van der Waals surface area contributed by atoms with Crippen molar-refractivity contribution in [2.45, 2.75) is 46.2 Å². The van der Waals surface area contributed by atoms with Gasteiger partial charge in [-0.15, -0.1) is 0 Å². The summed E-state index contributed by atoms with van der Waals surface area (Å²) in [6.07, 6.45) is 1.22.